The van der Waals surface area contributed by atoms with Gasteiger partial charge in [-0.05, 0) is 37.5 Å². The zero-order valence-electron chi connectivity index (χ0n) is 10.0. The van der Waals surface area contributed by atoms with Crippen LogP contribution >= 0.6 is 0 Å². The van der Waals surface area contributed by atoms with Crippen molar-refractivity contribution < 1.29 is 13.5 Å². The highest BCUT2D eigenvalue weighted by Gasteiger charge is 2.21. The molecule has 1 saturated carbocycles. The van der Waals surface area contributed by atoms with Gasteiger partial charge in [-0.3, -0.25) is 0 Å². The van der Waals surface area contributed by atoms with Crippen molar-refractivity contribution in [1.29, 1.82) is 5.26 Å². The molecule has 1 fully saturated rings. The molecule has 1 aliphatic rings. The van der Waals surface area contributed by atoms with E-state index in [0.29, 0.717) is 18.2 Å². The monoisotopic (exact) mass is 252 g/mol. The average molecular weight is 252 g/mol. The molecule has 0 amide bonds. The molecule has 0 heterocycles. The first-order valence-corrected chi connectivity index (χ1v) is 5.87. The smallest absolute Gasteiger partial charge is 0.192 e. The Morgan fingerprint density at radius 1 is 1.44 bits per heavy atom. The number of halogens is 2. The Kier molecular flexibility index (Phi) is 3.78. The van der Waals surface area contributed by atoms with Crippen molar-refractivity contribution in [2.45, 2.75) is 38.5 Å². The topological polar surface area (TPSA) is 45.0 Å². The van der Waals surface area contributed by atoms with Gasteiger partial charge in [0.05, 0.1) is 0 Å². The largest absolute Gasteiger partial charge is 0.470 e. The van der Waals surface area contributed by atoms with Gasteiger partial charge in [-0.2, -0.15) is 5.26 Å². The molecule has 1 unspecified atom stereocenters. The molecule has 0 aliphatic heterocycles. The second kappa shape index (κ2) is 5.32. The highest BCUT2D eigenvalue weighted by atomic mass is 19.1. The van der Waals surface area contributed by atoms with E-state index in [1.165, 1.54) is 19.1 Å². The molecule has 18 heavy (non-hydrogen) atoms. The van der Waals surface area contributed by atoms with Gasteiger partial charge in [-0.15, -0.1) is 0 Å². The Bertz CT molecular complexity index is 457. The molecule has 1 aromatic rings. The maximum Gasteiger partial charge on any atom is 0.192 e. The number of rotatable bonds is 5. The van der Waals surface area contributed by atoms with Gasteiger partial charge >= 0.3 is 0 Å². The minimum absolute atomic E-state index is 0.437. The average Bonchev–Trinajstić information content (AvgIpc) is 3.15. The number of hydrogen-bond acceptors (Lipinski definition) is 3. The summed E-state index contributed by atoms with van der Waals surface area (Å²) in [6, 6.07) is 4.71. The van der Waals surface area contributed by atoms with Crippen LogP contribution in [0.4, 0.5) is 8.78 Å². The highest BCUT2D eigenvalue weighted by Crippen LogP contribution is 2.25. The van der Waals surface area contributed by atoms with Crippen molar-refractivity contribution in [2.24, 2.45) is 0 Å². The predicted octanol–water partition coefficient (Wildman–Crippen LogP) is 2.51. The van der Waals surface area contributed by atoms with Gasteiger partial charge in [0.25, 0.3) is 0 Å². The summed E-state index contributed by atoms with van der Waals surface area (Å²) in [5, 5.41) is 11.7. The molecule has 1 atom stereocenters. The van der Waals surface area contributed by atoms with Gasteiger partial charge in [-0.1, -0.05) is 0 Å². The molecule has 0 spiro atoms. The second-order valence-electron chi connectivity index (χ2n) is 4.43. The highest BCUT2D eigenvalue weighted by molar-refractivity contribution is 5.32. The molecule has 1 N–H and O–H groups in total. The normalized spacial score (nSPS) is 16.1. The number of nitrogens with zero attached hydrogens (tertiary/aromatic N) is 1. The van der Waals surface area contributed by atoms with Crippen LogP contribution in [-0.4, -0.2) is 12.1 Å². The van der Waals surface area contributed by atoms with Crippen molar-refractivity contribution in [2.75, 3.05) is 0 Å². The fraction of sp³-hybridized carbons (Fsp3) is 0.462. The number of benzene rings is 1. The SMILES string of the molecule is CC(C#N)Oc1c(F)cc(CNC2CC2)cc1F. The van der Waals surface area contributed by atoms with Crippen LogP contribution in [0.15, 0.2) is 12.1 Å². The Balaban J connectivity index is 2.09. The van der Waals surface area contributed by atoms with Crippen LogP contribution in [0.25, 0.3) is 0 Å². The molecule has 3 nitrogen and oxygen atoms in total. The van der Waals surface area contributed by atoms with Crippen LogP contribution in [0.2, 0.25) is 0 Å². The molecule has 0 radical (unpaired) electrons. The van der Waals surface area contributed by atoms with Gasteiger partial charge in [0.2, 0.25) is 0 Å². The first-order chi connectivity index (χ1) is 8.60. The van der Waals surface area contributed by atoms with E-state index in [0.717, 1.165) is 12.8 Å². The van der Waals surface area contributed by atoms with E-state index < -0.39 is 23.5 Å². The molecular formula is C13H14F2N2O. The summed E-state index contributed by atoms with van der Waals surface area (Å²) >= 11 is 0. The second-order valence-corrected chi connectivity index (χ2v) is 4.43. The summed E-state index contributed by atoms with van der Waals surface area (Å²) in [6.07, 6.45) is 1.35. The molecule has 2 rings (SSSR count). The Hall–Kier alpha value is -1.67. The van der Waals surface area contributed by atoms with Gasteiger partial charge in [0.1, 0.15) is 6.07 Å². The molecule has 5 heteroatoms. The standard InChI is InChI=1S/C13H14F2N2O/c1-8(6-16)18-13-11(14)4-9(5-12(13)15)7-17-10-2-3-10/h4-5,8,10,17H,2-3,7H2,1H3. The van der Waals surface area contributed by atoms with Crippen LogP contribution < -0.4 is 10.1 Å². The minimum Gasteiger partial charge on any atom is -0.470 e. The fourth-order valence-electron chi connectivity index (χ4n) is 1.58. The van der Waals surface area contributed by atoms with Crippen molar-refractivity contribution in [1.82, 2.24) is 5.32 Å². The summed E-state index contributed by atoms with van der Waals surface area (Å²) in [5.41, 5.74) is 0.536. The van der Waals surface area contributed by atoms with Gasteiger partial charge < -0.3 is 10.1 Å². The third kappa shape index (κ3) is 3.17. The summed E-state index contributed by atoms with van der Waals surface area (Å²) < 4.78 is 32.2. The van der Waals surface area contributed by atoms with Crippen LogP contribution in [-0.2, 0) is 6.54 Å². The van der Waals surface area contributed by atoms with E-state index in [9.17, 15) is 8.78 Å². The first kappa shape index (κ1) is 12.8. The van der Waals surface area contributed by atoms with Crippen molar-refractivity contribution in [3.63, 3.8) is 0 Å². The summed E-state index contributed by atoms with van der Waals surface area (Å²) in [7, 11) is 0. The maximum absolute atomic E-state index is 13.6. The molecule has 96 valence electrons. The van der Waals surface area contributed by atoms with Gasteiger partial charge in [0.15, 0.2) is 23.5 Å². The first-order valence-electron chi connectivity index (χ1n) is 5.87. The summed E-state index contributed by atoms with van der Waals surface area (Å²) in [5.74, 6) is -2.03. The maximum atomic E-state index is 13.6. The van der Waals surface area contributed by atoms with Crippen molar-refractivity contribution in [3.8, 4) is 11.8 Å². The molecule has 1 aliphatic carbocycles. The Morgan fingerprint density at radius 3 is 2.56 bits per heavy atom. The van der Waals surface area contributed by atoms with Crippen LogP contribution in [0.5, 0.6) is 5.75 Å². The number of hydrogen-bond donors (Lipinski definition) is 1. The van der Waals surface area contributed by atoms with E-state index in [1.807, 2.05) is 0 Å². The van der Waals surface area contributed by atoms with Crippen molar-refractivity contribution in [3.05, 3.63) is 29.3 Å². The third-order valence-electron chi connectivity index (χ3n) is 2.71. The molecule has 1 aromatic carbocycles. The lowest BCUT2D eigenvalue weighted by Crippen LogP contribution is -2.16. The molecule has 0 aromatic heterocycles. The predicted molar refractivity (Wildman–Crippen MR) is 61.9 cm³/mol. The lowest BCUT2D eigenvalue weighted by molar-refractivity contribution is 0.249. The molecule has 0 saturated heterocycles. The summed E-state index contributed by atoms with van der Waals surface area (Å²) in [6.45, 7) is 1.87. The molecule has 0 bridgehead atoms. The lowest BCUT2D eigenvalue weighted by Gasteiger charge is -2.11. The quantitative estimate of drug-likeness (QED) is 0.875. The van der Waals surface area contributed by atoms with Crippen LogP contribution in [0, 0.1) is 23.0 Å². The summed E-state index contributed by atoms with van der Waals surface area (Å²) in [4.78, 5) is 0. The third-order valence-corrected chi connectivity index (χ3v) is 2.71. The van der Waals surface area contributed by atoms with E-state index in [4.69, 9.17) is 10.00 Å². The number of nitriles is 1. The Labute approximate surface area is 104 Å². The van der Waals surface area contributed by atoms with Gasteiger partial charge in [0, 0.05) is 12.6 Å². The minimum atomic E-state index is -0.885. The van der Waals surface area contributed by atoms with Crippen LogP contribution in [0.3, 0.4) is 0 Å². The molecular weight excluding hydrogens is 238 g/mol. The van der Waals surface area contributed by atoms with Crippen LogP contribution in [0.1, 0.15) is 25.3 Å². The van der Waals surface area contributed by atoms with Crippen molar-refractivity contribution >= 4 is 0 Å². The van der Waals surface area contributed by atoms with Gasteiger partial charge in [-0.25, -0.2) is 8.78 Å². The van der Waals surface area contributed by atoms with E-state index >= 15 is 0 Å². The number of ether oxygens (including phenoxy) is 1. The van der Waals surface area contributed by atoms with E-state index in [-0.39, 0.29) is 0 Å². The Morgan fingerprint density at radius 2 is 2.06 bits per heavy atom. The fourth-order valence-corrected chi connectivity index (χ4v) is 1.58. The zero-order chi connectivity index (χ0) is 13.1. The lowest BCUT2D eigenvalue weighted by atomic mass is 10.2. The van der Waals surface area contributed by atoms with E-state index in [2.05, 4.69) is 5.32 Å². The zero-order valence-corrected chi connectivity index (χ0v) is 10.0. The number of nitrogens with one attached hydrogen (secondary N) is 1. The van der Waals surface area contributed by atoms with E-state index in [1.54, 1.807) is 6.07 Å².